The van der Waals surface area contributed by atoms with Crippen LogP contribution in [0.25, 0.3) is 0 Å². The third-order valence-corrected chi connectivity index (χ3v) is 5.96. The fourth-order valence-corrected chi connectivity index (χ4v) is 4.49. The highest BCUT2D eigenvalue weighted by Crippen LogP contribution is 2.30. The van der Waals surface area contributed by atoms with Crippen molar-refractivity contribution in [2.75, 3.05) is 30.4 Å². The summed E-state index contributed by atoms with van der Waals surface area (Å²) in [5, 5.41) is 5.08. The summed E-state index contributed by atoms with van der Waals surface area (Å²) in [6, 6.07) is 7.70. The minimum atomic E-state index is -0.345. The van der Waals surface area contributed by atoms with E-state index in [4.69, 9.17) is 4.74 Å². The van der Waals surface area contributed by atoms with Crippen LogP contribution < -0.4 is 10.2 Å². The third-order valence-electron chi connectivity index (χ3n) is 4.94. The highest BCUT2D eigenvalue weighted by molar-refractivity contribution is 7.10. The van der Waals surface area contributed by atoms with Crippen molar-refractivity contribution < 1.29 is 14.3 Å². The molecule has 0 radical (unpaired) electrons. The van der Waals surface area contributed by atoms with E-state index in [-0.39, 0.29) is 12.1 Å². The lowest BCUT2D eigenvalue weighted by Gasteiger charge is -2.29. The minimum Gasteiger partial charge on any atom is -0.452 e. The molecule has 0 unspecified atom stereocenters. The third kappa shape index (κ3) is 3.14. The molecule has 2 aliphatic rings. The molecule has 3 heterocycles. The number of ether oxygens (including phenoxy) is 1. The number of urea groups is 1. The molecule has 0 aliphatic carbocycles. The van der Waals surface area contributed by atoms with Gasteiger partial charge in [0.1, 0.15) is 0 Å². The highest BCUT2D eigenvalue weighted by Gasteiger charge is 2.25. The van der Waals surface area contributed by atoms with E-state index in [0.717, 1.165) is 42.7 Å². The number of amides is 3. The van der Waals surface area contributed by atoms with Crippen LogP contribution in [-0.4, -0.2) is 37.2 Å². The van der Waals surface area contributed by atoms with Crippen molar-refractivity contribution in [3.63, 3.8) is 0 Å². The number of methoxy groups -OCH3 is 1. The Labute approximate surface area is 156 Å². The van der Waals surface area contributed by atoms with Crippen LogP contribution in [-0.2, 0) is 24.1 Å². The molecule has 0 fully saturated rings. The van der Waals surface area contributed by atoms with E-state index < -0.39 is 0 Å². The van der Waals surface area contributed by atoms with Crippen molar-refractivity contribution >= 4 is 34.8 Å². The maximum absolute atomic E-state index is 12.6. The summed E-state index contributed by atoms with van der Waals surface area (Å²) in [6.45, 7) is 2.05. The molecule has 7 heteroatoms. The largest absolute Gasteiger partial charge is 0.452 e. The van der Waals surface area contributed by atoms with Crippen LogP contribution in [0.5, 0.6) is 0 Å². The van der Waals surface area contributed by atoms with Gasteiger partial charge in [-0.1, -0.05) is 0 Å². The average molecular weight is 371 g/mol. The molecule has 1 aromatic heterocycles. The Balaban J connectivity index is 1.47. The summed E-state index contributed by atoms with van der Waals surface area (Å²) < 4.78 is 4.85. The van der Waals surface area contributed by atoms with Crippen molar-refractivity contribution in [2.45, 2.75) is 25.8 Å². The molecule has 0 saturated carbocycles. The van der Waals surface area contributed by atoms with Gasteiger partial charge in [-0.25, -0.2) is 9.59 Å². The zero-order chi connectivity index (χ0) is 18.1. The Morgan fingerprint density at radius 3 is 2.88 bits per heavy atom. The first kappa shape index (κ1) is 16.9. The molecule has 1 N–H and O–H groups in total. The number of hydrogen-bond donors (Lipinski definition) is 1. The van der Waals surface area contributed by atoms with Crippen molar-refractivity contribution in [3.8, 4) is 0 Å². The Morgan fingerprint density at radius 2 is 2.04 bits per heavy atom. The van der Waals surface area contributed by atoms with Crippen molar-refractivity contribution in [2.24, 2.45) is 0 Å². The van der Waals surface area contributed by atoms with E-state index in [2.05, 4.69) is 16.8 Å². The second kappa shape index (κ2) is 6.99. The number of nitrogens with one attached hydrogen (secondary N) is 1. The van der Waals surface area contributed by atoms with Crippen LogP contribution in [0.1, 0.15) is 22.4 Å². The Hall–Kier alpha value is -2.54. The van der Waals surface area contributed by atoms with Crippen LogP contribution in [0.3, 0.4) is 0 Å². The number of fused-ring (bicyclic) bond motifs is 2. The number of rotatable bonds is 1. The molecule has 0 atom stereocenters. The van der Waals surface area contributed by atoms with Crippen molar-refractivity contribution in [3.05, 3.63) is 45.6 Å². The lowest BCUT2D eigenvalue weighted by Crippen LogP contribution is -2.38. The van der Waals surface area contributed by atoms with Gasteiger partial charge in [-0.15, -0.1) is 11.3 Å². The summed E-state index contributed by atoms with van der Waals surface area (Å²) in [7, 11) is 1.39. The maximum Gasteiger partial charge on any atom is 0.414 e. The summed E-state index contributed by atoms with van der Waals surface area (Å²) in [5.41, 5.74) is 3.92. The molecular weight excluding hydrogens is 350 g/mol. The molecule has 0 saturated heterocycles. The number of thiophene rings is 1. The van der Waals surface area contributed by atoms with Gasteiger partial charge in [0.2, 0.25) is 0 Å². The van der Waals surface area contributed by atoms with Gasteiger partial charge in [-0.05, 0) is 60.0 Å². The van der Waals surface area contributed by atoms with Crippen LogP contribution in [0, 0.1) is 0 Å². The van der Waals surface area contributed by atoms with Gasteiger partial charge in [0.25, 0.3) is 0 Å². The molecule has 6 nitrogen and oxygen atoms in total. The Morgan fingerprint density at radius 1 is 1.15 bits per heavy atom. The fourth-order valence-electron chi connectivity index (χ4n) is 3.60. The number of aryl methyl sites for hydroxylation is 1. The molecule has 26 heavy (non-hydrogen) atoms. The number of benzene rings is 1. The SMILES string of the molecule is COC(=O)N1CCCc2cc(NC(=O)N3CCc4sccc4C3)ccc21. The molecule has 1 aromatic carbocycles. The zero-order valence-electron chi connectivity index (χ0n) is 14.7. The van der Waals surface area contributed by atoms with Crippen molar-refractivity contribution in [1.82, 2.24) is 4.90 Å². The quantitative estimate of drug-likeness (QED) is 0.828. The van der Waals surface area contributed by atoms with E-state index in [9.17, 15) is 9.59 Å². The number of nitrogens with zero attached hydrogens (tertiary/aromatic N) is 2. The van der Waals surface area contributed by atoms with Gasteiger partial charge in [-0.2, -0.15) is 0 Å². The number of carbonyl (C=O) groups is 2. The summed E-state index contributed by atoms with van der Waals surface area (Å²) in [6.07, 6.45) is 2.34. The molecule has 3 amide bonds. The van der Waals surface area contributed by atoms with Crippen LogP contribution in [0.15, 0.2) is 29.6 Å². The lowest BCUT2D eigenvalue weighted by atomic mass is 10.0. The minimum absolute atomic E-state index is 0.0811. The first-order valence-corrected chi connectivity index (χ1v) is 9.63. The molecule has 2 aromatic rings. The molecular formula is C19H21N3O3S. The normalized spacial score (nSPS) is 15.9. The number of hydrogen-bond acceptors (Lipinski definition) is 4. The van der Waals surface area contributed by atoms with E-state index >= 15 is 0 Å². The average Bonchev–Trinajstić information content (AvgIpc) is 3.14. The predicted octanol–water partition coefficient (Wildman–Crippen LogP) is 3.86. The summed E-state index contributed by atoms with van der Waals surface area (Å²) in [4.78, 5) is 29.4. The van der Waals surface area contributed by atoms with Crippen LogP contribution in [0.2, 0.25) is 0 Å². The van der Waals surface area contributed by atoms with E-state index in [1.54, 1.807) is 16.2 Å². The van der Waals surface area contributed by atoms with Gasteiger partial charge in [0.15, 0.2) is 0 Å². The van der Waals surface area contributed by atoms with Gasteiger partial charge in [-0.3, -0.25) is 4.90 Å². The first-order chi connectivity index (χ1) is 12.7. The zero-order valence-corrected chi connectivity index (χ0v) is 15.5. The highest BCUT2D eigenvalue weighted by atomic mass is 32.1. The fraction of sp³-hybridized carbons (Fsp3) is 0.368. The Kier molecular flexibility index (Phi) is 4.55. The molecule has 2 aliphatic heterocycles. The molecule has 0 bridgehead atoms. The standard InChI is InChI=1S/C19H21N3O3S/c1-25-19(24)22-8-2-3-13-11-15(4-5-16(13)22)20-18(23)21-9-6-17-14(12-21)7-10-26-17/h4-5,7,10-11H,2-3,6,8-9,12H2,1H3,(H,20,23). The second-order valence-corrected chi connectivity index (χ2v) is 7.54. The maximum atomic E-state index is 12.6. The molecule has 136 valence electrons. The molecule has 0 spiro atoms. The smallest absolute Gasteiger partial charge is 0.414 e. The van der Waals surface area contributed by atoms with Crippen LogP contribution >= 0.6 is 11.3 Å². The number of anilines is 2. The van der Waals surface area contributed by atoms with E-state index in [1.165, 1.54) is 17.6 Å². The van der Waals surface area contributed by atoms with Gasteiger partial charge in [0.05, 0.1) is 12.8 Å². The Bertz CT molecular complexity index is 848. The van der Waals surface area contributed by atoms with E-state index in [0.29, 0.717) is 13.1 Å². The van der Waals surface area contributed by atoms with Gasteiger partial charge >= 0.3 is 12.1 Å². The lowest BCUT2D eigenvalue weighted by molar-refractivity contribution is 0.178. The summed E-state index contributed by atoms with van der Waals surface area (Å²) in [5.74, 6) is 0. The first-order valence-electron chi connectivity index (χ1n) is 8.75. The van der Waals surface area contributed by atoms with Crippen LogP contribution in [0.4, 0.5) is 21.0 Å². The van der Waals surface area contributed by atoms with Gasteiger partial charge < -0.3 is 15.0 Å². The second-order valence-electron chi connectivity index (χ2n) is 6.54. The van der Waals surface area contributed by atoms with E-state index in [1.807, 2.05) is 23.1 Å². The van der Waals surface area contributed by atoms with Crippen molar-refractivity contribution in [1.29, 1.82) is 0 Å². The number of carbonyl (C=O) groups excluding carboxylic acids is 2. The van der Waals surface area contributed by atoms with Gasteiger partial charge in [0, 0.05) is 30.2 Å². The summed E-state index contributed by atoms with van der Waals surface area (Å²) >= 11 is 1.76. The predicted molar refractivity (Wildman–Crippen MR) is 102 cm³/mol. The monoisotopic (exact) mass is 371 g/mol. The topological polar surface area (TPSA) is 61.9 Å². The molecule has 4 rings (SSSR count).